The van der Waals surface area contributed by atoms with Crippen molar-refractivity contribution in [2.24, 2.45) is 0 Å². The van der Waals surface area contributed by atoms with Crippen LogP contribution in [0.2, 0.25) is 10.0 Å². The van der Waals surface area contributed by atoms with Gasteiger partial charge in [0.15, 0.2) is 0 Å². The summed E-state index contributed by atoms with van der Waals surface area (Å²) in [5.74, 6) is -1.03. The number of carboxylic acid groups (broad SMARTS) is 1. The van der Waals surface area contributed by atoms with Gasteiger partial charge in [-0.1, -0.05) is 29.3 Å². The number of aryl methyl sites for hydroxylation is 1. The molecule has 0 saturated heterocycles. The Hall–Kier alpha value is -1.46. The summed E-state index contributed by atoms with van der Waals surface area (Å²) in [4.78, 5) is 23.1. The molecule has 2 rings (SSSR count). The van der Waals surface area contributed by atoms with Crippen molar-refractivity contribution in [2.75, 3.05) is 5.32 Å². The number of hydrogen-bond donors (Lipinski definition) is 3. The molecule has 0 atom stereocenters. The molecule has 5 nitrogen and oxygen atoms in total. The highest BCUT2D eigenvalue weighted by Crippen LogP contribution is 2.34. The van der Waals surface area contributed by atoms with Crippen LogP contribution < -0.4 is 10.6 Å². The minimum Gasteiger partial charge on any atom is -0.480 e. The van der Waals surface area contributed by atoms with E-state index in [-0.39, 0.29) is 5.69 Å². The maximum atomic E-state index is 11.9. The van der Waals surface area contributed by atoms with Gasteiger partial charge in [-0.3, -0.25) is 0 Å². The van der Waals surface area contributed by atoms with Gasteiger partial charge in [-0.05, 0) is 37.8 Å². The number of benzene rings is 1. The van der Waals surface area contributed by atoms with Crippen LogP contribution in [-0.2, 0) is 4.79 Å². The number of aliphatic carboxylic acids is 1. The topological polar surface area (TPSA) is 78.4 Å². The molecule has 1 aromatic carbocycles. The number of carboxylic acids is 1. The molecule has 1 aromatic rings. The first-order valence-corrected chi connectivity index (χ1v) is 6.88. The van der Waals surface area contributed by atoms with Crippen LogP contribution in [0.15, 0.2) is 12.1 Å². The number of hydrogen-bond acceptors (Lipinski definition) is 2. The van der Waals surface area contributed by atoms with E-state index in [9.17, 15) is 9.59 Å². The molecule has 3 N–H and O–H groups in total. The Morgan fingerprint density at radius 2 is 1.95 bits per heavy atom. The highest BCUT2D eigenvalue weighted by atomic mass is 35.5. The minimum absolute atomic E-state index is 0.283. The summed E-state index contributed by atoms with van der Waals surface area (Å²) in [5, 5.41) is 14.8. The monoisotopic (exact) mass is 316 g/mol. The second-order valence-corrected chi connectivity index (χ2v) is 5.66. The molecule has 20 heavy (non-hydrogen) atoms. The zero-order valence-electron chi connectivity index (χ0n) is 10.8. The average molecular weight is 317 g/mol. The van der Waals surface area contributed by atoms with Gasteiger partial charge in [0.2, 0.25) is 0 Å². The molecule has 0 unspecified atom stereocenters. The van der Waals surface area contributed by atoms with Crippen molar-refractivity contribution in [3.8, 4) is 0 Å². The van der Waals surface area contributed by atoms with Crippen LogP contribution in [0.25, 0.3) is 0 Å². The highest BCUT2D eigenvalue weighted by molar-refractivity contribution is 6.40. The molecule has 0 aromatic heterocycles. The number of urea groups is 1. The molecule has 0 aliphatic heterocycles. The van der Waals surface area contributed by atoms with E-state index in [4.69, 9.17) is 28.3 Å². The molecular formula is C13H14Cl2N2O3. The van der Waals surface area contributed by atoms with Gasteiger partial charge < -0.3 is 15.7 Å². The third kappa shape index (κ3) is 2.69. The van der Waals surface area contributed by atoms with Gasteiger partial charge in [0.05, 0.1) is 15.7 Å². The second-order valence-electron chi connectivity index (χ2n) is 4.87. The molecule has 108 valence electrons. The first kappa shape index (κ1) is 14.9. The van der Waals surface area contributed by atoms with E-state index in [1.165, 1.54) is 0 Å². The Balaban J connectivity index is 2.13. The summed E-state index contributed by atoms with van der Waals surface area (Å²) >= 11 is 12.1. The zero-order valence-corrected chi connectivity index (χ0v) is 12.3. The fourth-order valence-corrected chi connectivity index (χ4v) is 2.52. The van der Waals surface area contributed by atoms with Crippen LogP contribution in [0.3, 0.4) is 0 Å². The van der Waals surface area contributed by atoms with E-state index in [1.807, 2.05) is 0 Å². The molecule has 0 heterocycles. The third-order valence-electron chi connectivity index (χ3n) is 3.49. The molecule has 0 spiro atoms. The zero-order chi connectivity index (χ0) is 14.9. The number of carbonyl (C=O) groups excluding carboxylic acids is 1. The van der Waals surface area contributed by atoms with Gasteiger partial charge >= 0.3 is 12.0 Å². The smallest absolute Gasteiger partial charge is 0.329 e. The van der Waals surface area contributed by atoms with Gasteiger partial charge in [0, 0.05) is 0 Å². The number of halogens is 2. The van der Waals surface area contributed by atoms with E-state index < -0.39 is 17.5 Å². The standard InChI is InChI=1S/C13H14Cl2N2O3/c1-7-3-4-8(14)10(9(7)15)16-12(20)17-13(11(18)19)5-2-6-13/h3-4H,2,5-6H2,1H3,(H,18,19)(H2,16,17,20). The second kappa shape index (κ2) is 5.50. The number of amides is 2. The van der Waals surface area contributed by atoms with Crippen molar-refractivity contribution >= 4 is 40.9 Å². The van der Waals surface area contributed by atoms with Gasteiger partial charge in [0.1, 0.15) is 5.54 Å². The van der Waals surface area contributed by atoms with E-state index >= 15 is 0 Å². The Bertz CT molecular complexity index is 571. The molecule has 0 radical (unpaired) electrons. The van der Waals surface area contributed by atoms with Gasteiger partial charge in [-0.2, -0.15) is 0 Å². The van der Waals surface area contributed by atoms with Crippen molar-refractivity contribution in [1.82, 2.24) is 5.32 Å². The van der Waals surface area contributed by atoms with Crippen LogP contribution in [0.5, 0.6) is 0 Å². The minimum atomic E-state index is -1.17. The molecule has 0 bridgehead atoms. The average Bonchev–Trinajstić information content (AvgIpc) is 2.34. The lowest BCUT2D eigenvalue weighted by atomic mass is 9.77. The molecule has 2 amide bonds. The van der Waals surface area contributed by atoms with Crippen LogP contribution in [-0.4, -0.2) is 22.6 Å². The van der Waals surface area contributed by atoms with Gasteiger partial charge in [0.25, 0.3) is 0 Å². The van der Waals surface area contributed by atoms with Crippen LogP contribution in [0.4, 0.5) is 10.5 Å². The van der Waals surface area contributed by atoms with Crippen molar-refractivity contribution in [1.29, 1.82) is 0 Å². The SMILES string of the molecule is Cc1ccc(Cl)c(NC(=O)NC2(C(=O)O)CCC2)c1Cl. The van der Waals surface area contributed by atoms with Crippen LogP contribution >= 0.6 is 23.2 Å². The van der Waals surface area contributed by atoms with Crippen molar-refractivity contribution in [2.45, 2.75) is 31.7 Å². The first-order chi connectivity index (χ1) is 9.35. The summed E-state index contributed by atoms with van der Waals surface area (Å²) in [6.07, 6.45) is 1.62. The van der Waals surface area contributed by atoms with E-state index in [0.29, 0.717) is 22.9 Å². The maximum absolute atomic E-state index is 11.9. The molecule has 1 aliphatic carbocycles. The molecule has 1 fully saturated rings. The molecule has 1 aliphatic rings. The van der Waals surface area contributed by atoms with Crippen molar-refractivity contribution < 1.29 is 14.7 Å². The predicted octanol–water partition coefficient (Wildman–Crippen LogP) is 3.43. The van der Waals surface area contributed by atoms with E-state index in [1.54, 1.807) is 19.1 Å². The number of carbonyl (C=O) groups is 2. The highest BCUT2D eigenvalue weighted by Gasteiger charge is 2.45. The quantitative estimate of drug-likeness (QED) is 0.799. The van der Waals surface area contributed by atoms with Crippen LogP contribution in [0, 0.1) is 6.92 Å². The Labute approximate surface area is 126 Å². The van der Waals surface area contributed by atoms with Crippen molar-refractivity contribution in [3.05, 3.63) is 27.7 Å². The van der Waals surface area contributed by atoms with E-state index in [0.717, 1.165) is 12.0 Å². The maximum Gasteiger partial charge on any atom is 0.329 e. The first-order valence-electron chi connectivity index (χ1n) is 6.13. The fourth-order valence-electron chi connectivity index (χ4n) is 2.06. The lowest BCUT2D eigenvalue weighted by Gasteiger charge is -2.38. The largest absolute Gasteiger partial charge is 0.480 e. The lowest BCUT2D eigenvalue weighted by molar-refractivity contribution is -0.148. The lowest BCUT2D eigenvalue weighted by Crippen LogP contribution is -2.60. The number of anilines is 1. The van der Waals surface area contributed by atoms with Crippen molar-refractivity contribution in [3.63, 3.8) is 0 Å². The summed E-state index contributed by atoms with van der Waals surface area (Å²) in [6, 6.07) is 2.73. The van der Waals surface area contributed by atoms with Crippen LogP contribution in [0.1, 0.15) is 24.8 Å². The summed E-state index contributed by atoms with van der Waals surface area (Å²) in [5.41, 5.74) is -0.124. The molecule has 1 saturated carbocycles. The molecule has 7 heteroatoms. The Kier molecular flexibility index (Phi) is 4.11. The van der Waals surface area contributed by atoms with Gasteiger partial charge in [-0.15, -0.1) is 0 Å². The summed E-state index contributed by atoms with van der Waals surface area (Å²) < 4.78 is 0. The molecular weight excluding hydrogens is 303 g/mol. The number of nitrogens with one attached hydrogen (secondary N) is 2. The summed E-state index contributed by atoms with van der Waals surface area (Å²) in [7, 11) is 0. The normalized spacial score (nSPS) is 16.1. The predicted molar refractivity (Wildman–Crippen MR) is 77.6 cm³/mol. The van der Waals surface area contributed by atoms with E-state index in [2.05, 4.69) is 10.6 Å². The Morgan fingerprint density at radius 3 is 2.45 bits per heavy atom. The van der Waals surface area contributed by atoms with Gasteiger partial charge in [-0.25, -0.2) is 9.59 Å². The summed E-state index contributed by atoms with van der Waals surface area (Å²) in [6.45, 7) is 1.78. The third-order valence-corrected chi connectivity index (χ3v) is 4.29. The number of rotatable bonds is 3. The fraction of sp³-hybridized carbons (Fsp3) is 0.385. The Morgan fingerprint density at radius 1 is 1.30 bits per heavy atom.